The summed E-state index contributed by atoms with van der Waals surface area (Å²) in [6, 6.07) is 24.0. The van der Waals surface area contributed by atoms with Crippen molar-refractivity contribution >= 4 is 5.97 Å². The molecule has 1 N–H and O–H groups in total. The molecule has 0 bridgehead atoms. The number of hydrogen-bond acceptors (Lipinski definition) is 4. The first-order chi connectivity index (χ1) is 15.2. The van der Waals surface area contributed by atoms with Gasteiger partial charge >= 0.3 is 5.97 Å². The molecule has 3 aromatic carbocycles. The number of benzene rings is 3. The molecule has 5 nitrogen and oxygen atoms in total. The Morgan fingerprint density at radius 1 is 0.871 bits per heavy atom. The summed E-state index contributed by atoms with van der Waals surface area (Å²) in [4.78, 5) is 14.2. The van der Waals surface area contributed by atoms with E-state index in [1.807, 2.05) is 36.4 Å². The highest BCUT2D eigenvalue weighted by atomic mass is 16.7. The molecule has 0 saturated carbocycles. The van der Waals surface area contributed by atoms with Crippen molar-refractivity contribution in [3.05, 3.63) is 83.9 Å². The lowest BCUT2D eigenvalue weighted by molar-refractivity contribution is -0.145. The van der Waals surface area contributed by atoms with Crippen molar-refractivity contribution in [2.24, 2.45) is 0 Å². The van der Waals surface area contributed by atoms with Gasteiger partial charge in [-0.15, -0.1) is 0 Å². The topological polar surface area (TPSA) is 59.0 Å². The number of carbonyl (C=O) groups is 1. The molecule has 2 aliphatic rings. The maximum atomic E-state index is 12.1. The Kier molecular flexibility index (Phi) is 5.35. The number of hydrogen-bond donors (Lipinski definition) is 1. The van der Waals surface area contributed by atoms with Gasteiger partial charge in [0.15, 0.2) is 11.5 Å². The number of aliphatic carboxylic acids is 1. The fraction of sp³-hybridized carbons (Fsp3) is 0.269. The highest BCUT2D eigenvalue weighted by molar-refractivity contribution is 5.74. The zero-order chi connectivity index (χ0) is 21.2. The van der Waals surface area contributed by atoms with Crippen LogP contribution in [0.5, 0.6) is 11.5 Å². The lowest BCUT2D eigenvalue weighted by Gasteiger charge is -2.39. The van der Waals surface area contributed by atoms with Crippen molar-refractivity contribution in [3.8, 4) is 22.6 Å². The van der Waals surface area contributed by atoms with Gasteiger partial charge in [-0.2, -0.15) is 0 Å². The molecule has 0 spiro atoms. The smallest absolute Gasteiger partial charge is 0.320 e. The molecule has 1 fully saturated rings. The number of carboxylic acid groups (broad SMARTS) is 1. The minimum Gasteiger partial charge on any atom is -0.480 e. The van der Waals surface area contributed by atoms with Crippen molar-refractivity contribution in [2.45, 2.75) is 31.3 Å². The van der Waals surface area contributed by atoms with Gasteiger partial charge in [0.05, 0.1) is 6.04 Å². The Labute approximate surface area is 181 Å². The summed E-state index contributed by atoms with van der Waals surface area (Å²) in [5, 5.41) is 9.91. The molecule has 0 aromatic heterocycles. The van der Waals surface area contributed by atoms with Gasteiger partial charge in [0, 0.05) is 0 Å². The predicted octanol–water partition coefficient (Wildman–Crippen LogP) is 5.11. The average Bonchev–Trinajstić information content (AvgIpc) is 3.29. The molecule has 3 aromatic rings. The van der Waals surface area contributed by atoms with E-state index in [1.165, 1.54) is 0 Å². The molecule has 2 atom stereocenters. The molecule has 5 heteroatoms. The fourth-order valence-corrected chi connectivity index (χ4v) is 4.68. The van der Waals surface area contributed by atoms with E-state index in [0.717, 1.165) is 47.4 Å². The molecule has 31 heavy (non-hydrogen) atoms. The predicted molar refractivity (Wildman–Crippen MR) is 118 cm³/mol. The van der Waals surface area contributed by atoms with Crippen LogP contribution in [0.2, 0.25) is 0 Å². The molecular weight excluding hydrogens is 390 g/mol. The summed E-state index contributed by atoms with van der Waals surface area (Å²) in [6.07, 6.45) is 2.60. The van der Waals surface area contributed by atoms with Crippen LogP contribution in [0.1, 0.15) is 36.4 Å². The van der Waals surface area contributed by atoms with Gasteiger partial charge in [-0.3, -0.25) is 9.69 Å². The van der Waals surface area contributed by atoms with E-state index in [4.69, 9.17) is 9.47 Å². The average molecular weight is 415 g/mol. The molecule has 2 aliphatic heterocycles. The number of fused-ring (bicyclic) bond motifs is 1. The first-order valence-electron chi connectivity index (χ1n) is 10.7. The summed E-state index contributed by atoms with van der Waals surface area (Å²) in [6.45, 7) is 0.965. The second kappa shape index (κ2) is 8.44. The lowest BCUT2D eigenvalue weighted by atomic mass is 9.90. The molecule has 1 saturated heterocycles. The van der Waals surface area contributed by atoms with E-state index in [2.05, 4.69) is 41.3 Å². The van der Waals surface area contributed by atoms with Crippen molar-refractivity contribution in [3.63, 3.8) is 0 Å². The van der Waals surface area contributed by atoms with Crippen LogP contribution >= 0.6 is 0 Å². The van der Waals surface area contributed by atoms with E-state index in [-0.39, 0.29) is 12.8 Å². The third-order valence-electron chi connectivity index (χ3n) is 6.21. The molecule has 2 heterocycles. The van der Waals surface area contributed by atoms with Crippen LogP contribution in [-0.4, -0.2) is 35.4 Å². The van der Waals surface area contributed by atoms with Crippen molar-refractivity contribution in [2.75, 3.05) is 13.3 Å². The summed E-state index contributed by atoms with van der Waals surface area (Å²) in [5.41, 5.74) is 4.40. The third-order valence-corrected chi connectivity index (χ3v) is 6.21. The second-order valence-corrected chi connectivity index (χ2v) is 8.09. The maximum absolute atomic E-state index is 12.1. The Bertz CT molecular complexity index is 1060. The van der Waals surface area contributed by atoms with Gasteiger partial charge in [-0.1, -0.05) is 67.1 Å². The van der Waals surface area contributed by atoms with Crippen LogP contribution in [0, 0.1) is 0 Å². The molecule has 0 radical (unpaired) electrons. The Morgan fingerprint density at radius 3 is 2.35 bits per heavy atom. The van der Waals surface area contributed by atoms with Crippen LogP contribution < -0.4 is 9.47 Å². The van der Waals surface area contributed by atoms with E-state index in [1.54, 1.807) is 0 Å². The Morgan fingerprint density at radius 2 is 1.58 bits per heavy atom. The number of likely N-dealkylation sites (tertiary alicyclic amines) is 1. The summed E-state index contributed by atoms with van der Waals surface area (Å²) in [5.74, 6) is 0.689. The van der Waals surface area contributed by atoms with Crippen LogP contribution in [0.25, 0.3) is 11.1 Å². The van der Waals surface area contributed by atoms with Crippen LogP contribution in [0.15, 0.2) is 72.8 Å². The lowest BCUT2D eigenvalue weighted by Crippen LogP contribution is -2.46. The van der Waals surface area contributed by atoms with Gasteiger partial charge in [-0.25, -0.2) is 0 Å². The monoisotopic (exact) mass is 415 g/mol. The van der Waals surface area contributed by atoms with E-state index >= 15 is 0 Å². The van der Waals surface area contributed by atoms with Gasteiger partial charge in [0.2, 0.25) is 6.79 Å². The van der Waals surface area contributed by atoms with Crippen molar-refractivity contribution in [1.29, 1.82) is 0 Å². The summed E-state index contributed by atoms with van der Waals surface area (Å²) in [7, 11) is 0. The van der Waals surface area contributed by atoms with Gasteiger partial charge < -0.3 is 14.6 Å². The summed E-state index contributed by atoms with van der Waals surface area (Å²) >= 11 is 0. The van der Waals surface area contributed by atoms with Crippen LogP contribution in [0.4, 0.5) is 0 Å². The summed E-state index contributed by atoms with van der Waals surface area (Å²) < 4.78 is 11.1. The molecule has 158 valence electrons. The first kappa shape index (κ1) is 19.6. The van der Waals surface area contributed by atoms with Gasteiger partial charge in [0.1, 0.15) is 6.04 Å². The standard InChI is InChI=1S/C26H25NO4/c28-26(29)22-8-4-5-15-27(22)25(21-13-14-23-24(16-21)31-17-30-23)20-11-9-19(10-12-20)18-6-2-1-3-7-18/h1-3,6-7,9-14,16,22,25H,4-5,8,15,17H2,(H,28,29). The van der Waals surface area contributed by atoms with E-state index in [0.29, 0.717) is 12.2 Å². The minimum atomic E-state index is -0.758. The molecule has 2 unspecified atom stereocenters. The van der Waals surface area contributed by atoms with Gasteiger partial charge in [0.25, 0.3) is 0 Å². The number of piperidine rings is 1. The van der Waals surface area contributed by atoms with Crippen LogP contribution in [0.3, 0.4) is 0 Å². The molecule has 0 amide bonds. The Hall–Kier alpha value is -3.31. The zero-order valence-electron chi connectivity index (χ0n) is 17.2. The number of ether oxygens (including phenoxy) is 2. The quantitative estimate of drug-likeness (QED) is 0.627. The fourth-order valence-electron chi connectivity index (χ4n) is 4.68. The SMILES string of the molecule is O=C(O)C1CCCCN1C(c1ccc(-c2ccccc2)cc1)c1ccc2c(c1)OCO2. The highest BCUT2D eigenvalue weighted by Gasteiger charge is 2.35. The van der Waals surface area contributed by atoms with E-state index in [9.17, 15) is 9.90 Å². The number of rotatable bonds is 5. The molecular formula is C26H25NO4. The normalized spacial score (nSPS) is 19.2. The van der Waals surface area contributed by atoms with Crippen LogP contribution in [-0.2, 0) is 4.79 Å². The first-order valence-corrected chi connectivity index (χ1v) is 10.7. The molecule has 5 rings (SSSR count). The maximum Gasteiger partial charge on any atom is 0.320 e. The second-order valence-electron chi connectivity index (χ2n) is 8.09. The Balaban J connectivity index is 1.56. The van der Waals surface area contributed by atoms with Crippen molar-refractivity contribution in [1.82, 2.24) is 4.90 Å². The zero-order valence-corrected chi connectivity index (χ0v) is 17.2. The van der Waals surface area contributed by atoms with E-state index < -0.39 is 12.0 Å². The third kappa shape index (κ3) is 3.89. The largest absolute Gasteiger partial charge is 0.480 e. The van der Waals surface area contributed by atoms with Crippen molar-refractivity contribution < 1.29 is 19.4 Å². The highest BCUT2D eigenvalue weighted by Crippen LogP contribution is 2.40. The number of carboxylic acids is 1. The number of nitrogens with zero attached hydrogens (tertiary/aromatic N) is 1. The van der Waals surface area contributed by atoms with Gasteiger partial charge in [-0.05, 0) is 53.8 Å². The molecule has 0 aliphatic carbocycles. The minimum absolute atomic E-state index is 0.166.